The van der Waals surface area contributed by atoms with E-state index in [-0.39, 0.29) is 0 Å². The Labute approximate surface area is 76.5 Å². The topological polar surface area (TPSA) is 55.1 Å². The number of aryl methyl sites for hydroxylation is 1. The molecule has 1 heterocycles. The Hall–Kier alpha value is -1.58. The monoisotopic (exact) mass is 180 g/mol. The Kier molecular flexibility index (Phi) is 2.51. The third-order valence-electron chi connectivity index (χ3n) is 2.06. The maximum absolute atomic E-state index is 10.8. The number of rotatable bonds is 3. The highest BCUT2D eigenvalue weighted by Gasteiger charge is 2.17. The maximum Gasteiger partial charge on any atom is 0.330 e. The van der Waals surface area contributed by atoms with E-state index < -0.39 is 12.0 Å². The summed E-state index contributed by atoms with van der Waals surface area (Å²) in [5, 5.41) is 8.84. The van der Waals surface area contributed by atoms with Crippen LogP contribution in [0.2, 0.25) is 0 Å². The van der Waals surface area contributed by atoms with E-state index in [1.807, 2.05) is 13.8 Å². The van der Waals surface area contributed by atoms with Crippen molar-refractivity contribution in [2.24, 2.45) is 0 Å². The second-order valence-electron chi connectivity index (χ2n) is 2.84. The van der Waals surface area contributed by atoms with E-state index in [0.717, 1.165) is 11.4 Å². The van der Waals surface area contributed by atoms with Crippen molar-refractivity contribution in [3.8, 4) is 0 Å². The molecular formula is C9H12N2O2. The first kappa shape index (κ1) is 9.51. The van der Waals surface area contributed by atoms with Crippen LogP contribution in [0.5, 0.6) is 0 Å². The molecule has 4 heteroatoms. The Balaban J connectivity index is 3.12. The van der Waals surface area contributed by atoms with E-state index in [1.54, 1.807) is 4.57 Å². The molecule has 1 aromatic heterocycles. The highest BCUT2D eigenvalue weighted by atomic mass is 16.4. The van der Waals surface area contributed by atoms with Crippen LogP contribution in [-0.2, 0) is 4.79 Å². The van der Waals surface area contributed by atoms with E-state index in [1.165, 1.54) is 12.4 Å². The molecule has 0 bridgehead atoms. The minimum Gasteiger partial charge on any atom is -0.479 e. The van der Waals surface area contributed by atoms with E-state index in [4.69, 9.17) is 5.11 Å². The van der Waals surface area contributed by atoms with Crippen LogP contribution in [0, 0.1) is 13.8 Å². The van der Waals surface area contributed by atoms with Gasteiger partial charge < -0.3 is 9.67 Å². The number of carboxylic acid groups (broad SMARTS) is 1. The zero-order valence-electron chi connectivity index (χ0n) is 7.69. The quantitative estimate of drug-likeness (QED) is 0.713. The van der Waals surface area contributed by atoms with E-state index in [0.29, 0.717) is 0 Å². The molecule has 0 saturated heterocycles. The van der Waals surface area contributed by atoms with Gasteiger partial charge in [0.15, 0.2) is 6.04 Å². The van der Waals surface area contributed by atoms with Gasteiger partial charge in [0.1, 0.15) is 0 Å². The van der Waals surface area contributed by atoms with Gasteiger partial charge in [0.05, 0.1) is 12.0 Å². The standard InChI is InChI=1S/C9H12N2O2/c1-4-8(9(12)13)11-5-10-6(2)7(11)3/h4-5,8H,1H2,2-3H3,(H,12,13). The van der Waals surface area contributed by atoms with Crippen LogP contribution in [0.15, 0.2) is 19.0 Å². The molecule has 13 heavy (non-hydrogen) atoms. The number of nitrogens with zero attached hydrogens (tertiary/aromatic N) is 2. The lowest BCUT2D eigenvalue weighted by Gasteiger charge is -2.10. The minimum absolute atomic E-state index is 0.721. The molecule has 0 aliphatic rings. The molecule has 1 N–H and O–H groups in total. The van der Waals surface area contributed by atoms with Crippen molar-refractivity contribution in [3.05, 3.63) is 30.4 Å². The van der Waals surface area contributed by atoms with Crippen molar-refractivity contribution in [3.63, 3.8) is 0 Å². The highest BCUT2D eigenvalue weighted by Crippen LogP contribution is 2.13. The Bertz CT molecular complexity index is 341. The second kappa shape index (κ2) is 3.43. The van der Waals surface area contributed by atoms with Crippen LogP contribution < -0.4 is 0 Å². The van der Waals surface area contributed by atoms with Crippen LogP contribution in [0.25, 0.3) is 0 Å². The zero-order chi connectivity index (χ0) is 10.0. The van der Waals surface area contributed by atoms with Crippen molar-refractivity contribution in [1.82, 2.24) is 9.55 Å². The lowest BCUT2D eigenvalue weighted by molar-refractivity contribution is -0.139. The summed E-state index contributed by atoms with van der Waals surface area (Å²) in [5.74, 6) is -0.921. The summed E-state index contributed by atoms with van der Waals surface area (Å²) in [4.78, 5) is 14.8. The van der Waals surface area contributed by atoms with Gasteiger partial charge in [-0.15, -0.1) is 6.58 Å². The van der Waals surface area contributed by atoms with Crippen LogP contribution in [0.3, 0.4) is 0 Å². The van der Waals surface area contributed by atoms with Gasteiger partial charge >= 0.3 is 5.97 Å². The van der Waals surface area contributed by atoms with Crippen molar-refractivity contribution < 1.29 is 9.90 Å². The van der Waals surface area contributed by atoms with Crippen molar-refractivity contribution >= 4 is 5.97 Å². The lowest BCUT2D eigenvalue weighted by atomic mass is 10.2. The molecule has 0 fully saturated rings. The van der Waals surface area contributed by atoms with Crippen molar-refractivity contribution in [1.29, 1.82) is 0 Å². The maximum atomic E-state index is 10.8. The molecule has 70 valence electrons. The van der Waals surface area contributed by atoms with Crippen LogP contribution in [-0.4, -0.2) is 20.6 Å². The summed E-state index contributed by atoms with van der Waals surface area (Å²) < 4.78 is 1.59. The number of carboxylic acids is 1. The molecule has 1 aromatic rings. The molecule has 1 rings (SSSR count). The first-order valence-corrected chi connectivity index (χ1v) is 3.93. The normalized spacial score (nSPS) is 12.5. The van der Waals surface area contributed by atoms with Gasteiger partial charge in [-0.1, -0.05) is 6.08 Å². The lowest BCUT2D eigenvalue weighted by Crippen LogP contribution is -2.16. The largest absolute Gasteiger partial charge is 0.479 e. The number of hydrogen-bond acceptors (Lipinski definition) is 2. The summed E-state index contributed by atoms with van der Waals surface area (Å²) in [6, 6.07) is -0.721. The van der Waals surface area contributed by atoms with Gasteiger partial charge in [0.25, 0.3) is 0 Å². The Morgan fingerprint density at radius 2 is 2.38 bits per heavy atom. The molecule has 4 nitrogen and oxygen atoms in total. The SMILES string of the molecule is C=CC(C(=O)O)n1cnc(C)c1C. The summed E-state index contributed by atoms with van der Waals surface area (Å²) >= 11 is 0. The molecule has 0 aliphatic carbocycles. The van der Waals surface area contributed by atoms with Crippen molar-refractivity contribution in [2.45, 2.75) is 19.9 Å². The van der Waals surface area contributed by atoms with Crippen molar-refractivity contribution in [2.75, 3.05) is 0 Å². The third-order valence-corrected chi connectivity index (χ3v) is 2.06. The fourth-order valence-corrected chi connectivity index (χ4v) is 1.13. The predicted molar refractivity (Wildman–Crippen MR) is 48.6 cm³/mol. The predicted octanol–water partition coefficient (Wildman–Crippen LogP) is 1.31. The van der Waals surface area contributed by atoms with Gasteiger partial charge in [0, 0.05) is 5.69 Å². The number of aliphatic carboxylic acids is 1. The fourth-order valence-electron chi connectivity index (χ4n) is 1.13. The summed E-state index contributed by atoms with van der Waals surface area (Å²) in [5.41, 5.74) is 1.69. The number of hydrogen-bond donors (Lipinski definition) is 1. The van der Waals surface area contributed by atoms with Crippen LogP contribution >= 0.6 is 0 Å². The highest BCUT2D eigenvalue weighted by molar-refractivity contribution is 5.74. The first-order chi connectivity index (χ1) is 6.07. The smallest absolute Gasteiger partial charge is 0.330 e. The van der Waals surface area contributed by atoms with Crippen LogP contribution in [0.1, 0.15) is 17.4 Å². The number of carbonyl (C=O) groups is 1. The van der Waals surface area contributed by atoms with E-state index >= 15 is 0 Å². The molecule has 0 spiro atoms. The molecular weight excluding hydrogens is 168 g/mol. The minimum atomic E-state index is -0.921. The number of aromatic nitrogens is 2. The van der Waals surface area contributed by atoms with E-state index in [2.05, 4.69) is 11.6 Å². The van der Waals surface area contributed by atoms with Gasteiger partial charge in [-0.2, -0.15) is 0 Å². The average molecular weight is 180 g/mol. The van der Waals surface area contributed by atoms with Gasteiger partial charge in [-0.25, -0.2) is 9.78 Å². The molecule has 1 unspecified atom stereocenters. The molecule has 0 radical (unpaired) electrons. The third kappa shape index (κ3) is 1.61. The summed E-state index contributed by atoms with van der Waals surface area (Å²) in [7, 11) is 0. The molecule has 0 aromatic carbocycles. The first-order valence-electron chi connectivity index (χ1n) is 3.93. The van der Waals surface area contributed by atoms with Crippen LogP contribution in [0.4, 0.5) is 0 Å². The molecule has 1 atom stereocenters. The molecule has 0 aliphatic heterocycles. The van der Waals surface area contributed by atoms with Gasteiger partial charge in [0.2, 0.25) is 0 Å². The van der Waals surface area contributed by atoms with Gasteiger partial charge in [-0.05, 0) is 13.8 Å². The Morgan fingerprint density at radius 1 is 1.77 bits per heavy atom. The second-order valence-corrected chi connectivity index (χ2v) is 2.84. The zero-order valence-corrected chi connectivity index (χ0v) is 7.69. The Morgan fingerprint density at radius 3 is 2.69 bits per heavy atom. The van der Waals surface area contributed by atoms with E-state index in [9.17, 15) is 4.79 Å². The molecule has 0 saturated carbocycles. The fraction of sp³-hybridized carbons (Fsp3) is 0.333. The molecule has 0 amide bonds. The summed E-state index contributed by atoms with van der Waals surface area (Å²) in [6.07, 6.45) is 2.90. The summed E-state index contributed by atoms with van der Waals surface area (Å²) in [6.45, 7) is 7.16. The van der Waals surface area contributed by atoms with Gasteiger partial charge in [-0.3, -0.25) is 0 Å². The average Bonchev–Trinajstić information content (AvgIpc) is 2.37. The number of imidazole rings is 1.